The van der Waals surface area contributed by atoms with Gasteiger partial charge >= 0.3 is 0 Å². The molecule has 18 heavy (non-hydrogen) atoms. The van der Waals surface area contributed by atoms with E-state index < -0.39 is 0 Å². The first kappa shape index (κ1) is 14.3. The minimum absolute atomic E-state index is 0.271. The van der Waals surface area contributed by atoms with E-state index in [1.165, 1.54) is 0 Å². The molecule has 2 atom stereocenters. The summed E-state index contributed by atoms with van der Waals surface area (Å²) in [6.45, 7) is 11.8. The van der Waals surface area contributed by atoms with Gasteiger partial charge in [-0.3, -0.25) is 0 Å². The fraction of sp³-hybridized carbons (Fsp3) is 1.00. The van der Waals surface area contributed by atoms with E-state index in [1.54, 1.807) is 0 Å². The maximum Gasteiger partial charge on any atom is 0.0656 e. The summed E-state index contributed by atoms with van der Waals surface area (Å²) in [5.74, 6) is 0.628. The maximum absolute atomic E-state index is 6.01. The van der Waals surface area contributed by atoms with Gasteiger partial charge in [0.25, 0.3) is 0 Å². The van der Waals surface area contributed by atoms with Crippen LogP contribution in [0, 0.1) is 11.3 Å². The average Bonchev–Trinajstić information content (AvgIpc) is 2.33. The first-order valence-corrected chi connectivity index (χ1v) is 7.45. The Morgan fingerprint density at radius 3 is 2.50 bits per heavy atom. The van der Waals surface area contributed by atoms with Gasteiger partial charge in [-0.2, -0.15) is 0 Å². The highest BCUT2D eigenvalue weighted by Crippen LogP contribution is 2.43. The minimum Gasteiger partial charge on any atom is -0.381 e. The molecule has 2 unspecified atom stereocenters. The van der Waals surface area contributed by atoms with Gasteiger partial charge in [-0.1, -0.05) is 27.7 Å². The molecule has 3 heteroatoms. The van der Waals surface area contributed by atoms with Gasteiger partial charge in [-0.25, -0.2) is 0 Å². The molecule has 1 saturated heterocycles. The van der Waals surface area contributed by atoms with Crippen LogP contribution in [0.2, 0.25) is 0 Å². The molecule has 0 spiro atoms. The first-order valence-electron chi connectivity index (χ1n) is 7.45. The molecule has 1 heterocycles. The van der Waals surface area contributed by atoms with E-state index in [-0.39, 0.29) is 5.41 Å². The monoisotopic (exact) mass is 255 g/mol. The van der Waals surface area contributed by atoms with Crippen molar-refractivity contribution < 1.29 is 9.47 Å². The summed E-state index contributed by atoms with van der Waals surface area (Å²) in [5, 5.41) is 3.80. The molecule has 106 valence electrons. The van der Waals surface area contributed by atoms with E-state index in [1.807, 2.05) is 0 Å². The van der Waals surface area contributed by atoms with Crippen molar-refractivity contribution in [1.82, 2.24) is 5.32 Å². The minimum atomic E-state index is 0.271. The van der Waals surface area contributed by atoms with Gasteiger partial charge in [0, 0.05) is 37.3 Å². The fourth-order valence-corrected chi connectivity index (χ4v) is 2.91. The predicted octanol–water partition coefficient (Wildman–Crippen LogP) is 2.59. The normalized spacial score (nSPS) is 32.5. The summed E-state index contributed by atoms with van der Waals surface area (Å²) in [6, 6.07) is 1.26. The molecule has 0 aromatic carbocycles. The van der Waals surface area contributed by atoms with Crippen molar-refractivity contribution in [3.63, 3.8) is 0 Å². The molecular weight excluding hydrogens is 226 g/mol. The lowest BCUT2D eigenvalue weighted by atomic mass is 9.64. The van der Waals surface area contributed by atoms with Gasteiger partial charge in [0.05, 0.1) is 6.10 Å². The van der Waals surface area contributed by atoms with Crippen LogP contribution in [-0.4, -0.2) is 38.0 Å². The van der Waals surface area contributed by atoms with Crippen LogP contribution in [0.1, 0.15) is 47.0 Å². The Kier molecular flexibility index (Phi) is 4.68. The van der Waals surface area contributed by atoms with E-state index in [9.17, 15) is 0 Å². The number of nitrogens with one attached hydrogen (secondary N) is 1. The Balaban J connectivity index is 1.75. The molecular formula is C15H29NO2. The van der Waals surface area contributed by atoms with E-state index in [0.717, 1.165) is 39.1 Å². The molecule has 0 bridgehead atoms. The molecule has 2 aliphatic rings. The lowest BCUT2D eigenvalue weighted by molar-refractivity contribution is -0.127. The molecule has 1 saturated carbocycles. The third-order valence-corrected chi connectivity index (χ3v) is 4.47. The van der Waals surface area contributed by atoms with E-state index in [2.05, 4.69) is 33.0 Å². The second-order valence-corrected chi connectivity index (χ2v) is 6.88. The van der Waals surface area contributed by atoms with Gasteiger partial charge in [0.1, 0.15) is 0 Å². The zero-order valence-corrected chi connectivity index (χ0v) is 12.4. The van der Waals surface area contributed by atoms with Crippen molar-refractivity contribution in [2.45, 2.75) is 65.1 Å². The zero-order valence-electron chi connectivity index (χ0n) is 12.4. The Hall–Kier alpha value is -0.120. The van der Waals surface area contributed by atoms with E-state index in [4.69, 9.17) is 9.47 Å². The van der Waals surface area contributed by atoms with Crippen molar-refractivity contribution in [3.8, 4) is 0 Å². The Bertz CT molecular complexity index is 259. The third kappa shape index (κ3) is 3.25. The third-order valence-electron chi connectivity index (χ3n) is 4.47. The van der Waals surface area contributed by atoms with Crippen molar-refractivity contribution in [1.29, 1.82) is 0 Å². The second kappa shape index (κ2) is 5.89. The summed E-state index contributed by atoms with van der Waals surface area (Å²) >= 11 is 0. The van der Waals surface area contributed by atoms with Crippen LogP contribution < -0.4 is 5.32 Å². The van der Waals surface area contributed by atoms with Crippen molar-refractivity contribution in [2.75, 3.05) is 19.8 Å². The van der Waals surface area contributed by atoms with Crippen molar-refractivity contribution in [3.05, 3.63) is 0 Å². The lowest BCUT2D eigenvalue weighted by Crippen LogP contribution is -2.63. The smallest absolute Gasteiger partial charge is 0.0656 e. The Labute approximate surface area is 112 Å². The number of hydrogen-bond donors (Lipinski definition) is 1. The van der Waals surface area contributed by atoms with Crippen LogP contribution >= 0.6 is 0 Å². The summed E-state index contributed by atoms with van der Waals surface area (Å²) in [4.78, 5) is 0. The highest BCUT2D eigenvalue weighted by molar-refractivity contribution is 5.03. The summed E-state index contributed by atoms with van der Waals surface area (Å²) in [6.07, 6.45) is 3.91. The molecule has 1 aliphatic carbocycles. The van der Waals surface area contributed by atoms with Crippen molar-refractivity contribution in [2.24, 2.45) is 11.3 Å². The lowest BCUT2D eigenvalue weighted by Gasteiger charge is -2.53. The molecule has 2 rings (SSSR count). The first-order chi connectivity index (χ1) is 8.50. The molecule has 2 fully saturated rings. The summed E-state index contributed by atoms with van der Waals surface area (Å²) in [7, 11) is 0. The highest BCUT2D eigenvalue weighted by Gasteiger charge is 2.49. The van der Waals surface area contributed by atoms with Crippen LogP contribution in [0.15, 0.2) is 0 Å². The fourth-order valence-electron chi connectivity index (χ4n) is 2.91. The molecule has 0 radical (unpaired) electrons. The van der Waals surface area contributed by atoms with Crippen LogP contribution in [0.3, 0.4) is 0 Å². The second-order valence-electron chi connectivity index (χ2n) is 6.88. The molecule has 0 aromatic heterocycles. The molecule has 1 N–H and O–H groups in total. The standard InChI is InChI=1S/C15H29NO2/c1-11(2)10-18-14-9-13(15(14,3)4)16-12-5-7-17-8-6-12/h11-14,16H,5-10H2,1-4H3. The average molecular weight is 255 g/mol. The molecule has 0 aromatic rings. The van der Waals surface area contributed by atoms with Gasteiger partial charge in [-0.15, -0.1) is 0 Å². The van der Waals surface area contributed by atoms with Gasteiger partial charge in [-0.05, 0) is 25.2 Å². The van der Waals surface area contributed by atoms with E-state index >= 15 is 0 Å². The van der Waals surface area contributed by atoms with E-state index in [0.29, 0.717) is 24.1 Å². The molecule has 0 amide bonds. The molecule has 3 nitrogen and oxygen atoms in total. The predicted molar refractivity (Wildman–Crippen MR) is 73.7 cm³/mol. The highest BCUT2D eigenvalue weighted by atomic mass is 16.5. The van der Waals surface area contributed by atoms with Crippen molar-refractivity contribution >= 4 is 0 Å². The topological polar surface area (TPSA) is 30.5 Å². The maximum atomic E-state index is 6.01. The summed E-state index contributed by atoms with van der Waals surface area (Å²) < 4.78 is 11.4. The molecule has 1 aliphatic heterocycles. The number of rotatable bonds is 5. The quantitative estimate of drug-likeness (QED) is 0.819. The SMILES string of the molecule is CC(C)COC1CC(NC2CCOCC2)C1(C)C. The largest absolute Gasteiger partial charge is 0.381 e. The van der Waals surface area contributed by atoms with Gasteiger partial charge < -0.3 is 14.8 Å². The van der Waals surface area contributed by atoms with Gasteiger partial charge in [0.2, 0.25) is 0 Å². The Morgan fingerprint density at radius 1 is 1.28 bits per heavy atom. The number of ether oxygens (including phenoxy) is 2. The van der Waals surface area contributed by atoms with Crippen LogP contribution in [0.4, 0.5) is 0 Å². The van der Waals surface area contributed by atoms with Crippen LogP contribution in [0.25, 0.3) is 0 Å². The van der Waals surface area contributed by atoms with Gasteiger partial charge in [0.15, 0.2) is 0 Å². The van der Waals surface area contributed by atoms with Crippen LogP contribution in [-0.2, 0) is 9.47 Å². The van der Waals surface area contributed by atoms with Crippen LogP contribution in [0.5, 0.6) is 0 Å². The number of hydrogen-bond acceptors (Lipinski definition) is 3. The Morgan fingerprint density at radius 2 is 1.94 bits per heavy atom. The summed E-state index contributed by atoms with van der Waals surface area (Å²) in [5.41, 5.74) is 0.271. The zero-order chi connectivity index (χ0) is 13.2.